The lowest BCUT2D eigenvalue weighted by atomic mass is 9.95. The number of nitriles is 1. The van der Waals surface area contributed by atoms with Crippen LogP contribution in [0.3, 0.4) is 0 Å². The number of esters is 1. The molecule has 206 valence electrons. The predicted molar refractivity (Wildman–Crippen MR) is 161 cm³/mol. The summed E-state index contributed by atoms with van der Waals surface area (Å²) in [6.07, 6.45) is 1.80. The number of nitrogens with zero attached hydrogens (tertiary/aromatic N) is 3. The highest BCUT2D eigenvalue weighted by molar-refractivity contribution is 9.10. The van der Waals surface area contributed by atoms with E-state index in [4.69, 9.17) is 9.47 Å². The summed E-state index contributed by atoms with van der Waals surface area (Å²) in [6.45, 7) is 5.99. The van der Waals surface area contributed by atoms with Crippen molar-refractivity contribution >= 4 is 39.3 Å². The maximum absolute atomic E-state index is 13.8. The molecule has 1 aliphatic rings. The Morgan fingerprint density at radius 2 is 1.90 bits per heavy atom. The molecule has 0 fully saturated rings. The largest absolute Gasteiger partial charge is 0.488 e. The molecule has 0 spiro atoms. The minimum atomic E-state index is -0.646. The number of halogens is 1. The highest BCUT2D eigenvalue weighted by Crippen LogP contribution is 2.31. The molecule has 3 aromatic carbocycles. The molecular formula is C32H26BrN3O4S. The van der Waals surface area contributed by atoms with Gasteiger partial charge in [-0.25, -0.2) is 9.79 Å². The number of carbonyl (C=O) groups is 1. The molecule has 7 nitrogen and oxygen atoms in total. The van der Waals surface area contributed by atoms with Crippen LogP contribution in [-0.4, -0.2) is 17.1 Å². The molecule has 0 saturated carbocycles. The van der Waals surface area contributed by atoms with Gasteiger partial charge in [0.25, 0.3) is 5.56 Å². The summed E-state index contributed by atoms with van der Waals surface area (Å²) in [5.74, 6) is 0.135. The van der Waals surface area contributed by atoms with Gasteiger partial charge in [0.05, 0.1) is 44.6 Å². The maximum atomic E-state index is 13.8. The molecule has 2 heterocycles. The number of carbonyl (C=O) groups excluding carboxylic acids is 1. The summed E-state index contributed by atoms with van der Waals surface area (Å²) >= 11 is 4.85. The minimum Gasteiger partial charge on any atom is -0.488 e. The Morgan fingerprint density at radius 3 is 2.61 bits per heavy atom. The number of hydrogen-bond donors (Lipinski definition) is 0. The van der Waals surface area contributed by atoms with E-state index in [0.29, 0.717) is 36.4 Å². The highest BCUT2D eigenvalue weighted by atomic mass is 79.9. The molecular weight excluding hydrogens is 602 g/mol. The van der Waals surface area contributed by atoms with E-state index < -0.39 is 12.0 Å². The van der Waals surface area contributed by atoms with Crippen LogP contribution in [0.1, 0.15) is 47.7 Å². The van der Waals surface area contributed by atoms with E-state index in [1.807, 2.05) is 67.6 Å². The van der Waals surface area contributed by atoms with Crippen molar-refractivity contribution < 1.29 is 14.3 Å². The quantitative estimate of drug-likeness (QED) is 0.259. The zero-order valence-corrected chi connectivity index (χ0v) is 25.1. The van der Waals surface area contributed by atoms with Gasteiger partial charge in [-0.1, -0.05) is 65.4 Å². The van der Waals surface area contributed by atoms with Gasteiger partial charge in [0.15, 0.2) is 4.80 Å². The molecule has 0 radical (unpaired) electrons. The molecule has 0 bridgehead atoms. The van der Waals surface area contributed by atoms with E-state index in [2.05, 4.69) is 27.0 Å². The fraction of sp³-hybridized carbons (Fsp3) is 0.188. The molecule has 0 saturated heterocycles. The smallest absolute Gasteiger partial charge is 0.338 e. The molecule has 4 aromatic rings. The summed E-state index contributed by atoms with van der Waals surface area (Å²) in [5, 5.41) is 9.32. The van der Waals surface area contributed by atoms with Crippen LogP contribution in [0, 0.1) is 18.3 Å². The van der Waals surface area contributed by atoms with Crippen molar-refractivity contribution in [3.8, 4) is 11.8 Å². The Bertz CT molecular complexity index is 1900. The van der Waals surface area contributed by atoms with E-state index in [9.17, 15) is 14.9 Å². The summed E-state index contributed by atoms with van der Waals surface area (Å²) in [7, 11) is 0. The number of aromatic nitrogens is 1. The van der Waals surface area contributed by atoms with Crippen molar-refractivity contribution in [1.29, 1.82) is 5.26 Å². The van der Waals surface area contributed by atoms with Crippen molar-refractivity contribution in [3.05, 3.63) is 130 Å². The topological polar surface area (TPSA) is 93.7 Å². The lowest BCUT2D eigenvalue weighted by Gasteiger charge is -2.24. The Balaban J connectivity index is 1.52. The molecule has 1 aliphatic heterocycles. The van der Waals surface area contributed by atoms with E-state index in [-0.39, 0.29) is 18.8 Å². The third-order valence-electron chi connectivity index (χ3n) is 6.68. The molecule has 0 amide bonds. The van der Waals surface area contributed by atoms with Gasteiger partial charge >= 0.3 is 5.97 Å². The fourth-order valence-corrected chi connectivity index (χ4v) is 6.20. The minimum absolute atomic E-state index is 0.222. The molecule has 9 heteroatoms. The first-order valence-electron chi connectivity index (χ1n) is 13.0. The average molecular weight is 629 g/mol. The first-order valence-corrected chi connectivity index (χ1v) is 14.6. The summed E-state index contributed by atoms with van der Waals surface area (Å²) < 4.78 is 14.1. The summed E-state index contributed by atoms with van der Waals surface area (Å²) in [6, 6.07) is 22.2. The van der Waals surface area contributed by atoms with Gasteiger partial charge in [0, 0.05) is 5.56 Å². The molecule has 0 aliphatic carbocycles. The van der Waals surface area contributed by atoms with E-state index in [1.54, 1.807) is 30.6 Å². The normalized spacial score (nSPS) is 14.7. The predicted octanol–water partition coefficient (Wildman–Crippen LogP) is 5.32. The van der Waals surface area contributed by atoms with E-state index in [0.717, 1.165) is 22.3 Å². The summed E-state index contributed by atoms with van der Waals surface area (Å²) in [5.41, 5.74) is 4.70. The van der Waals surface area contributed by atoms with Crippen LogP contribution >= 0.6 is 27.3 Å². The maximum Gasteiger partial charge on any atom is 0.338 e. The van der Waals surface area contributed by atoms with Crippen molar-refractivity contribution in [2.75, 3.05) is 6.61 Å². The zero-order valence-electron chi connectivity index (χ0n) is 22.7. The van der Waals surface area contributed by atoms with Gasteiger partial charge in [-0.3, -0.25) is 9.36 Å². The standard InChI is InChI=1S/C32H26BrN3O4S/c1-4-39-31(38)28-20(3)35-32-36(29(28)22-12-9-19(2)10-13-22)30(37)27(41-32)16-21-11-14-26(25(33)15-21)40-18-24-8-6-5-7-23(24)17-34/h5-16,29H,4,18H2,1-3H3/b27-16+/t29-/m1/s1. The first kappa shape index (κ1) is 28.3. The van der Waals surface area contributed by atoms with Gasteiger partial charge < -0.3 is 9.47 Å². The average Bonchev–Trinajstić information content (AvgIpc) is 3.26. The van der Waals surface area contributed by atoms with Crippen LogP contribution in [0.15, 0.2) is 92.3 Å². The number of rotatable bonds is 7. The zero-order chi connectivity index (χ0) is 29.1. The van der Waals surface area contributed by atoms with Gasteiger partial charge in [-0.2, -0.15) is 5.26 Å². The van der Waals surface area contributed by atoms with Gasteiger partial charge in [-0.05, 0) is 72.1 Å². The molecule has 0 N–H and O–H groups in total. The van der Waals surface area contributed by atoms with Crippen LogP contribution in [0.25, 0.3) is 6.08 Å². The van der Waals surface area contributed by atoms with Crippen LogP contribution in [-0.2, 0) is 16.1 Å². The highest BCUT2D eigenvalue weighted by Gasteiger charge is 2.33. The Hall–Kier alpha value is -4.26. The molecule has 1 atom stereocenters. The van der Waals surface area contributed by atoms with Crippen molar-refractivity contribution in [3.63, 3.8) is 0 Å². The second-order valence-corrected chi connectivity index (χ2v) is 11.3. The van der Waals surface area contributed by atoms with Crippen molar-refractivity contribution in [2.24, 2.45) is 4.99 Å². The number of benzene rings is 3. The van der Waals surface area contributed by atoms with Gasteiger partial charge in [-0.15, -0.1) is 0 Å². The second kappa shape index (κ2) is 12.1. The molecule has 1 aromatic heterocycles. The number of thiazole rings is 1. The monoisotopic (exact) mass is 627 g/mol. The van der Waals surface area contributed by atoms with Gasteiger partial charge in [0.2, 0.25) is 0 Å². The van der Waals surface area contributed by atoms with Crippen LogP contribution in [0.4, 0.5) is 0 Å². The van der Waals surface area contributed by atoms with E-state index >= 15 is 0 Å². The number of aryl methyl sites for hydroxylation is 1. The van der Waals surface area contributed by atoms with Crippen molar-refractivity contribution in [1.82, 2.24) is 4.57 Å². The van der Waals surface area contributed by atoms with Crippen molar-refractivity contribution in [2.45, 2.75) is 33.4 Å². The van der Waals surface area contributed by atoms with Crippen LogP contribution in [0.5, 0.6) is 5.75 Å². The Morgan fingerprint density at radius 1 is 1.15 bits per heavy atom. The Kier molecular flexibility index (Phi) is 8.34. The molecule has 5 rings (SSSR count). The number of hydrogen-bond acceptors (Lipinski definition) is 7. The third-order valence-corrected chi connectivity index (χ3v) is 8.29. The number of fused-ring (bicyclic) bond motifs is 1. The molecule has 0 unspecified atom stereocenters. The Labute approximate surface area is 249 Å². The second-order valence-electron chi connectivity index (χ2n) is 9.46. The molecule has 41 heavy (non-hydrogen) atoms. The fourth-order valence-electron chi connectivity index (χ4n) is 4.64. The first-order chi connectivity index (χ1) is 19.8. The lowest BCUT2D eigenvalue weighted by Crippen LogP contribution is -2.39. The van der Waals surface area contributed by atoms with Crippen LogP contribution in [0.2, 0.25) is 0 Å². The van der Waals surface area contributed by atoms with Crippen LogP contribution < -0.4 is 19.6 Å². The number of allylic oxidation sites excluding steroid dienone is 1. The number of ether oxygens (including phenoxy) is 2. The lowest BCUT2D eigenvalue weighted by molar-refractivity contribution is -0.139. The van der Waals surface area contributed by atoms with E-state index in [1.165, 1.54) is 11.3 Å². The van der Waals surface area contributed by atoms with Gasteiger partial charge in [0.1, 0.15) is 12.4 Å². The third kappa shape index (κ3) is 5.80. The SMILES string of the molecule is CCOC(=O)C1=C(C)N=c2s/c(=C/c3ccc(OCc4ccccc4C#N)c(Br)c3)c(=O)n2[C@@H]1c1ccc(C)cc1. The summed E-state index contributed by atoms with van der Waals surface area (Å²) in [4.78, 5) is 32.0.